The average molecular weight is 845 g/mol. The van der Waals surface area contributed by atoms with Crippen molar-refractivity contribution in [3.63, 3.8) is 0 Å². The number of phenolic OH excluding ortho intramolecular Hbond substituents is 1. The zero-order chi connectivity index (χ0) is 42.1. The van der Waals surface area contributed by atoms with E-state index in [1.54, 1.807) is 76.3 Å². The highest BCUT2D eigenvalue weighted by atomic mass is 79.9. The molecular weight excluding hydrogens is 794 g/mol. The van der Waals surface area contributed by atoms with E-state index in [4.69, 9.17) is 16.2 Å². The van der Waals surface area contributed by atoms with Crippen molar-refractivity contribution in [2.24, 2.45) is 23.3 Å². The van der Waals surface area contributed by atoms with Crippen LogP contribution in [0.3, 0.4) is 0 Å². The molecule has 0 aliphatic carbocycles. The summed E-state index contributed by atoms with van der Waals surface area (Å²) in [5.41, 5.74) is 11.5. The lowest BCUT2D eigenvalue weighted by molar-refractivity contribution is -0.157. The van der Waals surface area contributed by atoms with Gasteiger partial charge in [0.2, 0.25) is 41.4 Å². The molecule has 10 N–H and O–H groups in total. The van der Waals surface area contributed by atoms with Crippen molar-refractivity contribution in [3.05, 3.63) is 70.8 Å². The molecule has 7 atom stereocenters. The molecule has 1 fully saturated rings. The van der Waals surface area contributed by atoms with Crippen molar-refractivity contribution >= 4 is 69.3 Å². The number of nitrogens with one attached hydrogen (secondary N) is 5. The number of carbonyl (C=O) groups is 8. The monoisotopic (exact) mass is 843 g/mol. The average Bonchev–Trinajstić information content (AvgIpc) is 3.12. The molecule has 0 bridgehead atoms. The summed E-state index contributed by atoms with van der Waals surface area (Å²) in [7, 11) is 0. The third-order valence-electron chi connectivity index (χ3n) is 8.50. The maximum Gasteiger partial charge on any atom is 0.329 e. The highest BCUT2D eigenvalue weighted by Crippen LogP contribution is 2.24. The summed E-state index contributed by atoms with van der Waals surface area (Å²) in [6.45, 7) is 7.87. The molecule has 1 heterocycles. The van der Waals surface area contributed by atoms with Gasteiger partial charge in [-0.25, -0.2) is 4.79 Å². The molecule has 1 aliphatic heterocycles. The Kier molecular flexibility index (Phi) is 18.7. The van der Waals surface area contributed by atoms with Crippen LogP contribution < -0.4 is 38.1 Å². The maximum absolute atomic E-state index is 13.8. The zero-order valence-electron chi connectivity index (χ0n) is 31.7. The number of aromatic hydroxyl groups is 1. The number of hydrogen-bond acceptors (Lipinski definition) is 10. The standard InChI is InChI=1S/C38H50BrN7O10/c1-6-21(4)32-38(55)56-22(5)33(44-30(50)14-12-10-8-7-9-11-13-23-15-16-27(47)24(39)17-23)37(54)45-31(20(2)3)36(53)43-25(18-28(40)48)34(51)42-26(19-29(41)49)35(52)46-32/h7-17,20-22,25-26,31-33,47H,6,18-19H2,1-5H3,(H2,40,48)(H2,41,49)(H,42,51)(H,43,53)(H,44,50)(H,45,54)(H,46,52). The van der Waals surface area contributed by atoms with Gasteiger partial charge in [0.15, 0.2) is 0 Å². The Labute approximate surface area is 333 Å². The topological polar surface area (TPSA) is 278 Å². The van der Waals surface area contributed by atoms with Crippen LogP contribution in [-0.2, 0) is 43.1 Å². The molecule has 1 aromatic carbocycles. The summed E-state index contributed by atoms with van der Waals surface area (Å²) >= 11 is 3.26. The molecule has 0 spiro atoms. The van der Waals surface area contributed by atoms with Gasteiger partial charge in [0.25, 0.3) is 0 Å². The fourth-order valence-electron chi connectivity index (χ4n) is 5.17. The molecule has 0 aromatic heterocycles. The van der Waals surface area contributed by atoms with Gasteiger partial charge in [-0.15, -0.1) is 0 Å². The van der Waals surface area contributed by atoms with E-state index in [1.807, 2.05) is 6.08 Å². The largest absolute Gasteiger partial charge is 0.507 e. The van der Waals surface area contributed by atoms with E-state index in [1.165, 1.54) is 13.0 Å². The number of cyclic esters (lactones) is 1. The molecule has 2 rings (SSSR count). The molecule has 7 amide bonds. The second-order valence-electron chi connectivity index (χ2n) is 13.4. The molecule has 0 saturated carbocycles. The Morgan fingerprint density at radius 2 is 1.36 bits per heavy atom. The molecule has 1 saturated heterocycles. The number of phenols is 1. The number of benzene rings is 1. The number of hydrogen-bond donors (Lipinski definition) is 8. The third-order valence-corrected chi connectivity index (χ3v) is 9.14. The summed E-state index contributed by atoms with van der Waals surface area (Å²) < 4.78 is 6.19. The molecule has 7 unspecified atom stereocenters. The van der Waals surface area contributed by atoms with Crippen molar-refractivity contribution < 1.29 is 48.2 Å². The Morgan fingerprint density at radius 3 is 1.91 bits per heavy atom. The number of nitrogens with two attached hydrogens (primary N) is 2. The van der Waals surface area contributed by atoms with Crippen molar-refractivity contribution in [1.82, 2.24) is 26.6 Å². The minimum Gasteiger partial charge on any atom is -0.507 e. The quantitative estimate of drug-likeness (QED) is 0.0780. The molecule has 56 heavy (non-hydrogen) atoms. The van der Waals surface area contributed by atoms with Crippen LogP contribution in [-0.4, -0.2) is 88.7 Å². The Bertz CT molecular complexity index is 1760. The summed E-state index contributed by atoms with van der Waals surface area (Å²) in [6.07, 6.45) is 10.3. The van der Waals surface area contributed by atoms with Gasteiger partial charge < -0.3 is 47.9 Å². The predicted molar refractivity (Wildman–Crippen MR) is 209 cm³/mol. The smallest absolute Gasteiger partial charge is 0.329 e. The number of primary amides is 2. The third kappa shape index (κ3) is 15.2. The molecular formula is C38H50BrN7O10. The minimum atomic E-state index is -1.65. The van der Waals surface area contributed by atoms with E-state index < -0.39 is 108 Å². The van der Waals surface area contributed by atoms with Gasteiger partial charge in [0.05, 0.1) is 17.3 Å². The fourth-order valence-corrected chi connectivity index (χ4v) is 5.57. The second-order valence-corrected chi connectivity index (χ2v) is 14.2. The summed E-state index contributed by atoms with van der Waals surface area (Å²) in [6, 6.07) is -2.52. The van der Waals surface area contributed by atoms with Crippen LogP contribution in [0, 0.1) is 11.8 Å². The van der Waals surface area contributed by atoms with Gasteiger partial charge in [-0.05, 0) is 52.4 Å². The lowest BCUT2D eigenvalue weighted by Crippen LogP contribution is -2.62. The molecule has 1 aliphatic rings. The number of amides is 7. The molecule has 17 nitrogen and oxygen atoms in total. The van der Waals surface area contributed by atoms with E-state index in [9.17, 15) is 43.5 Å². The predicted octanol–water partition coefficient (Wildman–Crippen LogP) is 0.659. The van der Waals surface area contributed by atoms with E-state index in [2.05, 4.69) is 42.5 Å². The number of carbonyl (C=O) groups excluding carboxylic acids is 8. The number of halogens is 1. The second kappa shape index (κ2) is 22.6. The van der Waals surface area contributed by atoms with Crippen molar-refractivity contribution in [2.45, 2.75) is 90.2 Å². The number of allylic oxidation sites excluding steroid dienone is 6. The lowest BCUT2D eigenvalue weighted by Gasteiger charge is -2.31. The normalized spacial score (nSPS) is 23.8. The van der Waals surface area contributed by atoms with Gasteiger partial charge in [0, 0.05) is 6.08 Å². The maximum atomic E-state index is 13.8. The Hall–Kier alpha value is -5.78. The van der Waals surface area contributed by atoms with E-state index in [0.717, 1.165) is 11.6 Å². The van der Waals surface area contributed by atoms with Crippen molar-refractivity contribution in [2.75, 3.05) is 0 Å². The number of ether oxygens (including phenoxy) is 1. The first-order valence-electron chi connectivity index (χ1n) is 17.8. The molecule has 1 aromatic rings. The lowest BCUT2D eigenvalue weighted by atomic mass is 9.98. The van der Waals surface area contributed by atoms with Crippen LogP contribution in [0.5, 0.6) is 5.75 Å². The SMILES string of the molecule is CCC(C)C1NC(=O)C(CC(N)=O)NC(=O)C(CC(N)=O)NC(=O)C(C(C)C)NC(=O)C(NC(=O)C=CC=CC=CC=Cc2ccc(O)c(Br)c2)C(C)OC1=O. The van der Waals surface area contributed by atoms with Gasteiger partial charge in [-0.1, -0.05) is 82.7 Å². The summed E-state index contributed by atoms with van der Waals surface area (Å²) in [4.78, 5) is 105. The first-order chi connectivity index (χ1) is 26.3. The molecule has 18 heteroatoms. The molecule has 304 valence electrons. The van der Waals surface area contributed by atoms with Gasteiger partial charge in [-0.3, -0.25) is 33.6 Å². The summed E-state index contributed by atoms with van der Waals surface area (Å²) in [5, 5.41) is 21.8. The first-order valence-corrected chi connectivity index (χ1v) is 18.6. The van der Waals surface area contributed by atoms with E-state index >= 15 is 0 Å². The van der Waals surface area contributed by atoms with Gasteiger partial charge in [-0.2, -0.15) is 0 Å². The van der Waals surface area contributed by atoms with Crippen LogP contribution in [0.2, 0.25) is 0 Å². The van der Waals surface area contributed by atoms with Crippen LogP contribution in [0.15, 0.2) is 65.2 Å². The Morgan fingerprint density at radius 1 is 0.821 bits per heavy atom. The van der Waals surface area contributed by atoms with Crippen LogP contribution in [0.4, 0.5) is 0 Å². The van der Waals surface area contributed by atoms with Crippen LogP contribution in [0.1, 0.15) is 59.4 Å². The first kappa shape index (κ1) is 46.4. The highest BCUT2D eigenvalue weighted by Gasteiger charge is 2.39. The van der Waals surface area contributed by atoms with Gasteiger partial charge >= 0.3 is 5.97 Å². The number of esters is 1. The van der Waals surface area contributed by atoms with Crippen LogP contribution in [0.25, 0.3) is 6.08 Å². The molecule has 0 radical (unpaired) electrons. The fraction of sp³-hybridized carbons (Fsp3) is 0.421. The zero-order valence-corrected chi connectivity index (χ0v) is 33.3. The van der Waals surface area contributed by atoms with E-state index in [-0.39, 0.29) is 5.75 Å². The number of rotatable bonds is 13. The minimum absolute atomic E-state index is 0.123. The van der Waals surface area contributed by atoms with E-state index in [0.29, 0.717) is 10.9 Å². The Balaban J connectivity index is 2.43. The van der Waals surface area contributed by atoms with Crippen molar-refractivity contribution in [1.29, 1.82) is 0 Å². The highest BCUT2D eigenvalue weighted by molar-refractivity contribution is 9.10. The van der Waals surface area contributed by atoms with Gasteiger partial charge in [0.1, 0.15) is 42.1 Å². The van der Waals surface area contributed by atoms with Crippen molar-refractivity contribution in [3.8, 4) is 5.75 Å². The summed E-state index contributed by atoms with van der Waals surface area (Å²) in [5.74, 6) is -8.73. The van der Waals surface area contributed by atoms with Crippen LogP contribution >= 0.6 is 15.9 Å².